The summed E-state index contributed by atoms with van der Waals surface area (Å²) in [6, 6.07) is 14.0. The number of ether oxygens (including phenoxy) is 2. The van der Waals surface area contributed by atoms with Crippen LogP contribution >= 0.6 is 22.6 Å². The summed E-state index contributed by atoms with van der Waals surface area (Å²) in [4.78, 5) is 0. The fraction of sp³-hybridized carbons (Fsp3) is 0.111. The zero-order valence-electron chi connectivity index (χ0n) is 12.3. The standard InChI is InChI=1S/C18H15IO3/c1-20-17-7-4-12(9-18(17)21-2)3-6-15-11-13-10-14(19)5-8-16(13)22-15/h3-11H,1-2H3. The highest BCUT2D eigenvalue weighted by Gasteiger charge is 2.04. The van der Waals surface area contributed by atoms with Crippen molar-refractivity contribution in [1.29, 1.82) is 0 Å². The number of fused-ring (bicyclic) bond motifs is 1. The molecule has 0 saturated carbocycles. The lowest BCUT2D eigenvalue weighted by Crippen LogP contribution is -1.90. The number of halogens is 1. The maximum absolute atomic E-state index is 5.80. The molecule has 0 unspecified atom stereocenters. The third kappa shape index (κ3) is 3.11. The second-order valence-corrected chi connectivity index (χ2v) is 6.02. The van der Waals surface area contributed by atoms with Crippen LogP contribution < -0.4 is 9.47 Å². The van der Waals surface area contributed by atoms with Gasteiger partial charge in [-0.1, -0.05) is 12.1 Å². The zero-order valence-corrected chi connectivity index (χ0v) is 14.5. The molecule has 2 aromatic carbocycles. The summed E-state index contributed by atoms with van der Waals surface area (Å²) in [5, 5.41) is 1.11. The van der Waals surface area contributed by atoms with Gasteiger partial charge in [-0.15, -0.1) is 0 Å². The molecular weight excluding hydrogens is 391 g/mol. The van der Waals surface area contributed by atoms with Crippen LogP contribution in [0.5, 0.6) is 11.5 Å². The summed E-state index contributed by atoms with van der Waals surface area (Å²) in [6.07, 6.45) is 3.94. The smallest absolute Gasteiger partial charge is 0.161 e. The number of rotatable bonds is 4. The van der Waals surface area contributed by atoms with E-state index in [9.17, 15) is 0 Å². The SMILES string of the molecule is COc1ccc(C=Cc2cc3cc(I)ccc3o2)cc1OC. The van der Waals surface area contributed by atoms with Gasteiger partial charge in [0.2, 0.25) is 0 Å². The van der Waals surface area contributed by atoms with Crippen molar-refractivity contribution in [2.24, 2.45) is 0 Å². The van der Waals surface area contributed by atoms with Crippen molar-refractivity contribution < 1.29 is 13.9 Å². The van der Waals surface area contributed by atoms with Crippen LogP contribution in [0.2, 0.25) is 0 Å². The molecule has 112 valence electrons. The Balaban J connectivity index is 1.89. The molecule has 0 radical (unpaired) electrons. The van der Waals surface area contributed by atoms with Crippen molar-refractivity contribution in [3.63, 3.8) is 0 Å². The van der Waals surface area contributed by atoms with Gasteiger partial charge in [-0.3, -0.25) is 0 Å². The van der Waals surface area contributed by atoms with E-state index in [0.717, 1.165) is 28.0 Å². The van der Waals surface area contributed by atoms with E-state index in [1.54, 1.807) is 14.2 Å². The van der Waals surface area contributed by atoms with Gasteiger partial charge in [-0.2, -0.15) is 0 Å². The van der Waals surface area contributed by atoms with Crippen LogP contribution in [0.1, 0.15) is 11.3 Å². The maximum Gasteiger partial charge on any atom is 0.161 e. The molecule has 0 aliphatic carbocycles. The third-order valence-electron chi connectivity index (χ3n) is 3.35. The molecule has 0 atom stereocenters. The van der Waals surface area contributed by atoms with Crippen LogP contribution in [-0.4, -0.2) is 14.2 Å². The Bertz CT molecular complexity index is 833. The summed E-state index contributed by atoms with van der Waals surface area (Å²) in [6.45, 7) is 0. The number of benzene rings is 2. The average molecular weight is 406 g/mol. The molecule has 3 nitrogen and oxygen atoms in total. The quantitative estimate of drug-likeness (QED) is 0.557. The molecule has 0 saturated heterocycles. The summed E-state index contributed by atoms with van der Waals surface area (Å²) in [5.41, 5.74) is 1.92. The Morgan fingerprint density at radius 3 is 2.50 bits per heavy atom. The lowest BCUT2D eigenvalue weighted by Gasteiger charge is -2.07. The van der Waals surface area contributed by atoms with Crippen molar-refractivity contribution in [1.82, 2.24) is 0 Å². The summed E-state index contributed by atoms with van der Waals surface area (Å²) in [5.74, 6) is 2.26. The topological polar surface area (TPSA) is 31.6 Å². The molecule has 0 amide bonds. The lowest BCUT2D eigenvalue weighted by atomic mass is 10.1. The van der Waals surface area contributed by atoms with Crippen molar-refractivity contribution in [2.75, 3.05) is 14.2 Å². The van der Waals surface area contributed by atoms with Crippen LogP contribution in [0.3, 0.4) is 0 Å². The minimum absolute atomic E-state index is 0.712. The highest BCUT2D eigenvalue weighted by molar-refractivity contribution is 14.1. The number of methoxy groups -OCH3 is 2. The Morgan fingerprint density at radius 1 is 0.909 bits per heavy atom. The van der Waals surface area contributed by atoms with E-state index >= 15 is 0 Å². The van der Waals surface area contributed by atoms with Gasteiger partial charge in [-0.25, -0.2) is 0 Å². The molecule has 0 fully saturated rings. The summed E-state index contributed by atoms with van der Waals surface area (Å²) >= 11 is 2.30. The Labute approximate surface area is 142 Å². The maximum atomic E-state index is 5.80. The van der Waals surface area contributed by atoms with Gasteiger partial charge in [0.05, 0.1) is 14.2 Å². The first-order valence-corrected chi connectivity index (χ1v) is 7.86. The minimum atomic E-state index is 0.712. The van der Waals surface area contributed by atoms with Crippen molar-refractivity contribution in [3.05, 3.63) is 57.4 Å². The van der Waals surface area contributed by atoms with E-state index in [2.05, 4.69) is 28.7 Å². The van der Waals surface area contributed by atoms with Crippen molar-refractivity contribution >= 4 is 45.7 Å². The molecule has 0 spiro atoms. The Kier molecular flexibility index (Phi) is 4.38. The van der Waals surface area contributed by atoms with Gasteiger partial charge in [-0.05, 0) is 70.6 Å². The van der Waals surface area contributed by atoms with E-state index in [-0.39, 0.29) is 0 Å². The van der Waals surface area contributed by atoms with Crippen LogP contribution in [0.25, 0.3) is 23.1 Å². The molecular formula is C18H15IO3. The van der Waals surface area contributed by atoms with Crippen LogP contribution in [0, 0.1) is 3.57 Å². The fourth-order valence-corrected chi connectivity index (χ4v) is 2.77. The monoisotopic (exact) mass is 406 g/mol. The number of hydrogen-bond acceptors (Lipinski definition) is 3. The fourth-order valence-electron chi connectivity index (χ4n) is 2.25. The molecule has 1 aromatic heterocycles. The molecule has 0 aliphatic heterocycles. The van der Waals surface area contributed by atoms with Crippen molar-refractivity contribution in [2.45, 2.75) is 0 Å². The van der Waals surface area contributed by atoms with E-state index in [1.165, 1.54) is 3.57 Å². The Morgan fingerprint density at radius 2 is 1.73 bits per heavy atom. The van der Waals surface area contributed by atoms with Crippen LogP contribution in [-0.2, 0) is 0 Å². The van der Waals surface area contributed by atoms with E-state index in [1.807, 2.05) is 48.6 Å². The Hall–Kier alpha value is -1.95. The molecule has 0 bridgehead atoms. The largest absolute Gasteiger partial charge is 0.493 e. The van der Waals surface area contributed by atoms with Gasteiger partial charge in [0.1, 0.15) is 11.3 Å². The first-order valence-electron chi connectivity index (χ1n) is 6.79. The molecule has 3 aromatic rings. The first-order chi connectivity index (χ1) is 10.7. The predicted octanol–water partition coefficient (Wildman–Crippen LogP) is 5.23. The second kappa shape index (κ2) is 6.44. The first kappa shape index (κ1) is 15.0. The van der Waals surface area contributed by atoms with Gasteiger partial charge < -0.3 is 13.9 Å². The van der Waals surface area contributed by atoms with Gasteiger partial charge >= 0.3 is 0 Å². The molecule has 0 aliphatic rings. The molecule has 4 heteroatoms. The molecule has 22 heavy (non-hydrogen) atoms. The van der Waals surface area contributed by atoms with E-state index in [4.69, 9.17) is 13.9 Å². The normalized spacial score (nSPS) is 11.2. The highest BCUT2D eigenvalue weighted by Crippen LogP contribution is 2.29. The molecule has 0 N–H and O–H groups in total. The molecule has 1 heterocycles. The second-order valence-electron chi connectivity index (χ2n) is 4.78. The van der Waals surface area contributed by atoms with E-state index < -0.39 is 0 Å². The minimum Gasteiger partial charge on any atom is -0.493 e. The van der Waals surface area contributed by atoms with Crippen LogP contribution in [0.4, 0.5) is 0 Å². The average Bonchev–Trinajstić information content (AvgIpc) is 2.94. The summed E-state index contributed by atoms with van der Waals surface area (Å²) < 4.78 is 17.5. The van der Waals surface area contributed by atoms with Crippen molar-refractivity contribution in [3.8, 4) is 11.5 Å². The summed E-state index contributed by atoms with van der Waals surface area (Å²) in [7, 11) is 3.26. The third-order valence-corrected chi connectivity index (χ3v) is 4.02. The van der Waals surface area contributed by atoms with E-state index in [0.29, 0.717) is 5.75 Å². The molecule has 3 rings (SSSR count). The highest BCUT2D eigenvalue weighted by atomic mass is 127. The van der Waals surface area contributed by atoms with Gasteiger partial charge in [0.25, 0.3) is 0 Å². The van der Waals surface area contributed by atoms with Gasteiger partial charge in [0, 0.05) is 8.96 Å². The lowest BCUT2D eigenvalue weighted by molar-refractivity contribution is 0.355. The predicted molar refractivity (Wildman–Crippen MR) is 97.4 cm³/mol. The number of furan rings is 1. The zero-order chi connectivity index (χ0) is 15.5. The number of hydrogen-bond donors (Lipinski definition) is 0. The van der Waals surface area contributed by atoms with Crippen LogP contribution in [0.15, 0.2) is 46.9 Å². The van der Waals surface area contributed by atoms with Gasteiger partial charge in [0.15, 0.2) is 11.5 Å².